The molecule has 1 fully saturated rings. The van der Waals surface area contributed by atoms with E-state index in [1.54, 1.807) is 18.2 Å². The molecule has 0 atom stereocenters. The van der Waals surface area contributed by atoms with Crippen molar-refractivity contribution in [3.8, 4) is 5.75 Å². The molecule has 1 aliphatic rings. The fourth-order valence-electron chi connectivity index (χ4n) is 4.48. The summed E-state index contributed by atoms with van der Waals surface area (Å²) in [6.45, 7) is 1.47. The molecule has 8 nitrogen and oxygen atoms in total. The first-order valence-corrected chi connectivity index (χ1v) is 11.6. The number of fused-ring (bicyclic) bond motifs is 1. The van der Waals surface area contributed by atoms with Crippen molar-refractivity contribution >= 4 is 22.8 Å². The number of anilines is 1. The Bertz CT molecular complexity index is 1310. The number of amides is 1. The topological polar surface area (TPSA) is 96.3 Å². The highest BCUT2D eigenvalue weighted by atomic mass is 19.4. The van der Waals surface area contributed by atoms with E-state index in [2.05, 4.69) is 25.2 Å². The second-order valence-electron chi connectivity index (χ2n) is 8.61. The lowest BCUT2D eigenvalue weighted by Gasteiger charge is -2.31. The van der Waals surface area contributed by atoms with Crippen LogP contribution in [0, 0.1) is 0 Å². The van der Waals surface area contributed by atoms with E-state index in [1.165, 1.54) is 12.1 Å². The molecule has 1 amide bonds. The Morgan fingerprint density at radius 2 is 1.89 bits per heavy atom. The summed E-state index contributed by atoms with van der Waals surface area (Å²) in [7, 11) is 0. The Kier molecular flexibility index (Phi) is 6.53. The van der Waals surface area contributed by atoms with E-state index in [9.17, 15) is 18.0 Å². The summed E-state index contributed by atoms with van der Waals surface area (Å²) in [5, 5.41) is 7.84. The van der Waals surface area contributed by atoms with Crippen LogP contribution >= 0.6 is 0 Å². The lowest BCUT2D eigenvalue weighted by atomic mass is 9.89. The van der Waals surface area contributed by atoms with E-state index in [-0.39, 0.29) is 17.6 Å². The van der Waals surface area contributed by atoms with Crippen molar-refractivity contribution < 1.29 is 27.2 Å². The molecule has 36 heavy (non-hydrogen) atoms. The number of carbonyl (C=O) groups is 1. The van der Waals surface area contributed by atoms with Gasteiger partial charge in [-0.25, -0.2) is 0 Å². The molecule has 2 aromatic carbocycles. The first kappa shape index (κ1) is 23.7. The Morgan fingerprint density at radius 3 is 2.67 bits per heavy atom. The third-order valence-corrected chi connectivity index (χ3v) is 6.22. The molecule has 0 spiro atoms. The number of hydrogen-bond acceptors (Lipinski definition) is 6. The van der Waals surface area contributed by atoms with Crippen molar-refractivity contribution in [3.05, 3.63) is 71.7 Å². The first-order valence-electron chi connectivity index (χ1n) is 11.6. The summed E-state index contributed by atoms with van der Waals surface area (Å²) < 4.78 is 47.8. The minimum atomic E-state index is -4.73. The van der Waals surface area contributed by atoms with Gasteiger partial charge in [-0.1, -0.05) is 36.4 Å². The van der Waals surface area contributed by atoms with E-state index in [1.807, 2.05) is 29.2 Å². The summed E-state index contributed by atoms with van der Waals surface area (Å²) in [4.78, 5) is 21.9. The Hall–Kier alpha value is -4.02. The molecule has 1 aliphatic heterocycles. The van der Waals surface area contributed by atoms with Gasteiger partial charge in [-0.3, -0.25) is 4.79 Å². The lowest BCUT2D eigenvalue weighted by Crippen LogP contribution is -2.34. The van der Waals surface area contributed by atoms with Crippen LogP contribution in [0.1, 0.15) is 40.7 Å². The standard InChI is InChI=1S/C25H24F3N5O3/c26-25(27,28)35-21-8-4-2-6-18(21)16-10-13-33(14-11-16)24-31-22(36-32-24)9-12-29-23(34)20-15-17-5-1-3-7-19(17)30-20/h1-8,15-16,30H,9-14H2,(H,29,34). The predicted octanol–water partition coefficient (Wildman–Crippen LogP) is 4.81. The van der Waals surface area contributed by atoms with Gasteiger partial charge in [0.2, 0.25) is 5.89 Å². The van der Waals surface area contributed by atoms with Crippen LogP contribution in [0.3, 0.4) is 0 Å². The van der Waals surface area contributed by atoms with Gasteiger partial charge in [0, 0.05) is 37.0 Å². The molecular formula is C25H24F3N5O3. The van der Waals surface area contributed by atoms with Gasteiger partial charge in [0.15, 0.2) is 0 Å². The quantitative estimate of drug-likeness (QED) is 0.379. The molecule has 4 aromatic rings. The summed E-state index contributed by atoms with van der Waals surface area (Å²) in [6.07, 6.45) is -3.10. The number of benzene rings is 2. The third kappa shape index (κ3) is 5.45. The number of carbonyl (C=O) groups excluding carboxylic acids is 1. The summed E-state index contributed by atoms with van der Waals surface area (Å²) in [5.41, 5.74) is 1.92. The van der Waals surface area contributed by atoms with Gasteiger partial charge < -0.3 is 24.5 Å². The number of halogens is 3. The summed E-state index contributed by atoms with van der Waals surface area (Å²) in [5.74, 6) is 0.395. The number of alkyl halides is 3. The molecule has 1 saturated heterocycles. The first-order chi connectivity index (χ1) is 17.4. The third-order valence-electron chi connectivity index (χ3n) is 6.22. The number of H-pyrrole nitrogens is 1. The van der Waals surface area contributed by atoms with Crippen LogP contribution < -0.4 is 15.0 Å². The molecule has 3 heterocycles. The zero-order chi connectivity index (χ0) is 25.1. The van der Waals surface area contributed by atoms with Crippen LogP contribution in [0.25, 0.3) is 10.9 Å². The smallest absolute Gasteiger partial charge is 0.405 e. The number of nitrogens with one attached hydrogen (secondary N) is 2. The van der Waals surface area contributed by atoms with E-state index < -0.39 is 6.36 Å². The monoisotopic (exact) mass is 499 g/mol. The van der Waals surface area contributed by atoms with Crippen LogP contribution in [0.5, 0.6) is 5.75 Å². The number of piperidine rings is 1. The van der Waals surface area contributed by atoms with Crippen LogP contribution in [0.4, 0.5) is 19.1 Å². The van der Waals surface area contributed by atoms with Gasteiger partial charge in [0.1, 0.15) is 11.4 Å². The highest BCUT2D eigenvalue weighted by Gasteiger charge is 2.33. The van der Waals surface area contributed by atoms with Gasteiger partial charge in [-0.2, -0.15) is 4.98 Å². The number of rotatable bonds is 7. The Labute approximate surface area is 204 Å². The van der Waals surface area contributed by atoms with Crippen molar-refractivity contribution in [1.82, 2.24) is 20.4 Å². The molecular weight excluding hydrogens is 475 g/mol. The lowest BCUT2D eigenvalue weighted by molar-refractivity contribution is -0.275. The highest BCUT2D eigenvalue weighted by molar-refractivity contribution is 5.97. The van der Waals surface area contributed by atoms with Gasteiger partial charge in [-0.15, -0.1) is 13.2 Å². The van der Waals surface area contributed by atoms with Crippen LogP contribution in [0.2, 0.25) is 0 Å². The second kappa shape index (κ2) is 9.92. The molecule has 2 aromatic heterocycles. The van der Waals surface area contributed by atoms with E-state index in [4.69, 9.17) is 4.52 Å². The number of para-hydroxylation sites is 2. The van der Waals surface area contributed by atoms with Crippen LogP contribution in [-0.4, -0.2) is 47.0 Å². The number of hydrogen-bond donors (Lipinski definition) is 2. The number of aromatic nitrogens is 3. The maximum absolute atomic E-state index is 12.8. The second-order valence-corrected chi connectivity index (χ2v) is 8.61. The number of nitrogens with zero attached hydrogens (tertiary/aromatic N) is 3. The molecule has 0 saturated carbocycles. The fraction of sp³-hybridized carbons (Fsp3) is 0.320. The molecule has 0 unspecified atom stereocenters. The molecule has 5 rings (SSSR count). The van der Waals surface area contributed by atoms with Crippen molar-refractivity contribution in [2.45, 2.75) is 31.5 Å². The fourth-order valence-corrected chi connectivity index (χ4v) is 4.48. The number of ether oxygens (including phenoxy) is 1. The maximum Gasteiger partial charge on any atom is 0.573 e. The van der Waals surface area contributed by atoms with E-state index in [0.29, 0.717) is 62.0 Å². The molecule has 0 aliphatic carbocycles. The largest absolute Gasteiger partial charge is 0.573 e. The zero-order valence-corrected chi connectivity index (χ0v) is 19.2. The van der Waals surface area contributed by atoms with Crippen molar-refractivity contribution in [3.63, 3.8) is 0 Å². The molecule has 0 radical (unpaired) electrons. The Balaban J connectivity index is 1.12. The van der Waals surface area contributed by atoms with Gasteiger partial charge >= 0.3 is 6.36 Å². The Morgan fingerprint density at radius 1 is 1.14 bits per heavy atom. The van der Waals surface area contributed by atoms with Crippen molar-refractivity contribution in [1.29, 1.82) is 0 Å². The molecule has 2 N–H and O–H groups in total. The molecule has 11 heteroatoms. The van der Waals surface area contributed by atoms with Crippen LogP contribution in [-0.2, 0) is 6.42 Å². The van der Waals surface area contributed by atoms with E-state index >= 15 is 0 Å². The van der Waals surface area contributed by atoms with Crippen molar-refractivity contribution in [2.24, 2.45) is 0 Å². The average molecular weight is 499 g/mol. The molecule has 188 valence electrons. The summed E-state index contributed by atoms with van der Waals surface area (Å²) in [6, 6.07) is 15.7. The molecule has 0 bridgehead atoms. The van der Waals surface area contributed by atoms with Gasteiger partial charge in [0.25, 0.3) is 11.9 Å². The van der Waals surface area contributed by atoms with E-state index in [0.717, 1.165) is 10.9 Å². The summed E-state index contributed by atoms with van der Waals surface area (Å²) >= 11 is 0. The van der Waals surface area contributed by atoms with Gasteiger partial charge in [0.05, 0.1) is 0 Å². The maximum atomic E-state index is 12.8. The van der Waals surface area contributed by atoms with Crippen molar-refractivity contribution in [2.75, 3.05) is 24.5 Å². The predicted molar refractivity (Wildman–Crippen MR) is 126 cm³/mol. The van der Waals surface area contributed by atoms with Crippen LogP contribution in [0.15, 0.2) is 59.1 Å². The van der Waals surface area contributed by atoms with Gasteiger partial charge in [-0.05, 0) is 47.7 Å². The highest BCUT2D eigenvalue weighted by Crippen LogP contribution is 2.37. The number of aromatic amines is 1. The normalized spacial score (nSPS) is 14.8. The minimum Gasteiger partial charge on any atom is -0.405 e. The SMILES string of the molecule is O=C(NCCc1nc(N2CCC(c3ccccc3OC(F)(F)F)CC2)no1)c1cc2ccccc2[nH]1. The minimum absolute atomic E-state index is 0.0639. The zero-order valence-electron chi connectivity index (χ0n) is 19.2. The average Bonchev–Trinajstić information content (AvgIpc) is 3.51.